The van der Waals surface area contributed by atoms with Crippen LogP contribution in [0.25, 0.3) is 11.4 Å². The van der Waals surface area contributed by atoms with Crippen molar-refractivity contribution in [3.05, 3.63) is 47.0 Å². The van der Waals surface area contributed by atoms with Gasteiger partial charge < -0.3 is 4.74 Å². The van der Waals surface area contributed by atoms with Gasteiger partial charge in [0.15, 0.2) is 23.3 Å². The molecule has 2 rings (SSSR count). The fraction of sp³-hybridized carbons (Fsp3) is 0.214. The first-order valence-electron chi connectivity index (χ1n) is 6.09. The summed E-state index contributed by atoms with van der Waals surface area (Å²) in [7, 11) is 0. The highest BCUT2D eigenvalue weighted by molar-refractivity contribution is 5.90. The number of hydrogen-bond acceptors (Lipinski definition) is 4. The minimum Gasteiger partial charge on any atom is -0.462 e. The lowest BCUT2D eigenvalue weighted by molar-refractivity contribution is 0.0524. The fourth-order valence-electron chi connectivity index (χ4n) is 1.70. The third-order valence-corrected chi connectivity index (χ3v) is 2.72. The molecule has 4 nitrogen and oxygen atoms in total. The van der Waals surface area contributed by atoms with Gasteiger partial charge in [0.1, 0.15) is 0 Å². The number of aryl methyl sites for hydroxylation is 1. The van der Waals surface area contributed by atoms with Gasteiger partial charge in [-0.2, -0.15) is 0 Å². The minimum atomic E-state index is -1.56. The van der Waals surface area contributed by atoms with Crippen LogP contribution in [-0.2, 0) is 4.74 Å². The second-order valence-electron chi connectivity index (χ2n) is 4.17. The highest BCUT2D eigenvalue weighted by atomic mass is 19.2. The number of hydrogen-bond donors (Lipinski definition) is 0. The quantitative estimate of drug-likeness (QED) is 0.645. The fourth-order valence-corrected chi connectivity index (χ4v) is 1.70. The van der Waals surface area contributed by atoms with Gasteiger partial charge in [-0.05, 0) is 26.0 Å². The van der Waals surface area contributed by atoms with Crippen LogP contribution in [0.4, 0.5) is 13.2 Å². The molecule has 21 heavy (non-hydrogen) atoms. The summed E-state index contributed by atoms with van der Waals surface area (Å²) in [5, 5.41) is 0. The zero-order valence-electron chi connectivity index (χ0n) is 11.3. The van der Waals surface area contributed by atoms with E-state index >= 15 is 0 Å². The van der Waals surface area contributed by atoms with Crippen LogP contribution in [0, 0.1) is 24.4 Å². The molecule has 0 atom stereocenters. The van der Waals surface area contributed by atoms with Crippen molar-refractivity contribution in [1.29, 1.82) is 0 Å². The molecule has 0 bridgehead atoms. The molecule has 0 saturated carbocycles. The molecule has 0 aliphatic carbocycles. The number of halogens is 3. The van der Waals surface area contributed by atoms with E-state index in [1.807, 2.05) is 0 Å². The first-order chi connectivity index (χ1) is 9.93. The van der Waals surface area contributed by atoms with Gasteiger partial charge in [-0.3, -0.25) is 0 Å². The maximum atomic E-state index is 13.2. The molecule has 0 amide bonds. The van der Waals surface area contributed by atoms with Crippen molar-refractivity contribution in [1.82, 2.24) is 9.97 Å². The standard InChI is InChI=1S/C14H11F3N2O2/c1-3-21-14(20)9-6-18-13(19-7(9)2)8-4-10(15)12(17)11(16)5-8/h4-6H,3H2,1-2H3. The third kappa shape index (κ3) is 3.01. The van der Waals surface area contributed by atoms with E-state index in [9.17, 15) is 18.0 Å². The Morgan fingerprint density at radius 3 is 2.38 bits per heavy atom. The van der Waals surface area contributed by atoms with E-state index in [4.69, 9.17) is 4.74 Å². The lowest BCUT2D eigenvalue weighted by Crippen LogP contribution is -2.09. The van der Waals surface area contributed by atoms with Crippen LogP contribution in [0.15, 0.2) is 18.3 Å². The molecule has 0 N–H and O–H groups in total. The number of benzene rings is 1. The Kier molecular flexibility index (Phi) is 4.21. The number of esters is 1. The molecule has 0 radical (unpaired) electrons. The summed E-state index contributed by atoms with van der Waals surface area (Å²) in [6, 6.07) is 1.58. The Hall–Kier alpha value is -2.44. The SMILES string of the molecule is CCOC(=O)c1cnc(-c2cc(F)c(F)c(F)c2)nc1C. The van der Waals surface area contributed by atoms with E-state index in [1.165, 1.54) is 13.1 Å². The Bertz CT molecular complexity index is 682. The Balaban J connectivity index is 2.43. The van der Waals surface area contributed by atoms with Gasteiger partial charge >= 0.3 is 5.97 Å². The molecule has 1 heterocycles. The molecule has 110 valence electrons. The number of aromatic nitrogens is 2. The molecule has 0 aliphatic heterocycles. The Labute approximate surface area is 118 Å². The Morgan fingerprint density at radius 2 is 1.86 bits per heavy atom. The van der Waals surface area contributed by atoms with E-state index < -0.39 is 23.4 Å². The molecular weight excluding hydrogens is 285 g/mol. The predicted octanol–water partition coefficient (Wildman–Crippen LogP) is 3.05. The lowest BCUT2D eigenvalue weighted by Gasteiger charge is -2.07. The lowest BCUT2D eigenvalue weighted by atomic mass is 10.1. The highest BCUT2D eigenvalue weighted by Gasteiger charge is 2.16. The molecule has 2 aromatic rings. The summed E-state index contributed by atoms with van der Waals surface area (Å²) < 4.78 is 44.1. The second kappa shape index (κ2) is 5.90. The van der Waals surface area contributed by atoms with Crippen LogP contribution >= 0.6 is 0 Å². The normalized spacial score (nSPS) is 10.5. The maximum Gasteiger partial charge on any atom is 0.341 e. The zero-order chi connectivity index (χ0) is 15.6. The first-order valence-corrected chi connectivity index (χ1v) is 6.09. The van der Waals surface area contributed by atoms with Gasteiger partial charge in [-0.25, -0.2) is 27.9 Å². The molecule has 0 fully saturated rings. The van der Waals surface area contributed by atoms with Gasteiger partial charge in [-0.15, -0.1) is 0 Å². The smallest absolute Gasteiger partial charge is 0.341 e. The summed E-state index contributed by atoms with van der Waals surface area (Å²) in [6.07, 6.45) is 1.20. The van der Waals surface area contributed by atoms with Crippen LogP contribution < -0.4 is 0 Å². The van der Waals surface area contributed by atoms with Gasteiger partial charge in [-0.1, -0.05) is 0 Å². The highest BCUT2D eigenvalue weighted by Crippen LogP contribution is 2.21. The van der Waals surface area contributed by atoms with Crippen LogP contribution in [0.1, 0.15) is 23.0 Å². The number of ether oxygens (including phenoxy) is 1. The van der Waals surface area contributed by atoms with E-state index in [0.717, 1.165) is 12.1 Å². The van der Waals surface area contributed by atoms with Gasteiger partial charge in [0.25, 0.3) is 0 Å². The van der Waals surface area contributed by atoms with Crippen LogP contribution in [0.5, 0.6) is 0 Å². The second-order valence-corrected chi connectivity index (χ2v) is 4.17. The van der Waals surface area contributed by atoms with Crippen LogP contribution in [0.2, 0.25) is 0 Å². The molecule has 1 aromatic heterocycles. The average Bonchev–Trinajstić information content (AvgIpc) is 2.44. The van der Waals surface area contributed by atoms with Crippen molar-refractivity contribution in [3.8, 4) is 11.4 Å². The van der Waals surface area contributed by atoms with E-state index in [2.05, 4.69) is 9.97 Å². The number of nitrogens with zero attached hydrogens (tertiary/aromatic N) is 2. The topological polar surface area (TPSA) is 52.1 Å². The zero-order valence-corrected chi connectivity index (χ0v) is 11.3. The minimum absolute atomic E-state index is 0.0154. The van der Waals surface area contributed by atoms with Gasteiger partial charge in [0.2, 0.25) is 0 Å². The van der Waals surface area contributed by atoms with Crippen LogP contribution in [-0.4, -0.2) is 22.5 Å². The van der Waals surface area contributed by atoms with E-state index in [0.29, 0.717) is 5.69 Å². The maximum absolute atomic E-state index is 13.2. The van der Waals surface area contributed by atoms with Crippen molar-refractivity contribution >= 4 is 5.97 Å². The molecule has 0 saturated heterocycles. The summed E-state index contributed by atoms with van der Waals surface area (Å²) in [6.45, 7) is 3.40. The largest absolute Gasteiger partial charge is 0.462 e. The Morgan fingerprint density at radius 1 is 1.24 bits per heavy atom. The summed E-state index contributed by atoms with van der Waals surface area (Å²) in [5.41, 5.74) is 0.428. The number of carbonyl (C=O) groups is 1. The number of rotatable bonds is 3. The van der Waals surface area contributed by atoms with Crippen LogP contribution in [0.3, 0.4) is 0 Å². The molecule has 7 heteroatoms. The average molecular weight is 296 g/mol. The van der Waals surface area contributed by atoms with Gasteiger partial charge in [0.05, 0.1) is 17.9 Å². The van der Waals surface area contributed by atoms with Crippen molar-refractivity contribution in [3.63, 3.8) is 0 Å². The predicted molar refractivity (Wildman–Crippen MR) is 68.0 cm³/mol. The van der Waals surface area contributed by atoms with Gasteiger partial charge in [0, 0.05) is 11.8 Å². The summed E-state index contributed by atoms with van der Waals surface area (Å²) in [5.74, 6) is -4.82. The first kappa shape index (κ1) is 15.0. The van der Waals surface area contributed by atoms with Crippen molar-refractivity contribution in [2.75, 3.05) is 6.61 Å². The monoisotopic (exact) mass is 296 g/mol. The van der Waals surface area contributed by atoms with Crippen molar-refractivity contribution in [2.45, 2.75) is 13.8 Å². The van der Waals surface area contributed by atoms with Crippen molar-refractivity contribution < 1.29 is 22.7 Å². The molecule has 0 unspecified atom stereocenters. The van der Waals surface area contributed by atoms with E-state index in [-0.39, 0.29) is 23.6 Å². The third-order valence-electron chi connectivity index (χ3n) is 2.72. The summed E-state index contributed by atoms with van der Waals surface area (Å²) >= 11 is 0. The number of carbonyl (C=O) groups excluding carboxylic acids is 1. The molecule has 0 spiro atoms. The van der Waals surface area contributed by atoms with E-state index in [1.54, 1.807) is 6.92 Å². The molecular formula is C14H11F3N2O2. The summed E-state index contributed by atoms with van der Waals surface area (Å²) in [4.78, 5) is 19.4. The van der Waals surface area contributed by atoms with Crippen molar-refractivity contribution in [2.24, 2.45) is 0 Å². The molecule has 1 aromatic carbocycles. The molecule has 0 aliphatic rings.